The first-order valence-electron chi connectivity index (χ1n) is 8.99. The van der Waals surface area contributed by atoms with Gasteiger partial charge in [-0.05, 0) is 24.3 Å². The molecule has 0 saturated carbocycles. The maximum Gasteiger partial charge on any atom is 0.337 e. The Hall–Kier alpha value is -2.71. The summed E-state index contributed by atoms with van der Waals surface area (Å²) in [6, 6.07) is 8.89. The van der Waals surface area contributed by atoms with Gasteiger partial charge in [-0.1, -0.05) is 6.07 Å². The molecule has 8 nitrogen and oxygen atoms in total. The van der Waals surface area contributed by atoms with Crippen molar-refractivity contribution >= 4 is 23.4 Å². The maximum absolute atomic E-state index is 11.7. The lowest BCUT2D eigenvalue weighted by Crippen LogP contribution is -2.45. The van der Waals surface area contributed by atoms with E-state index in [1.165, 1.54) is 7.11 Å². The molecule has 0 atom stereocenters. The molecule has 0 aliphatic carbocycles. The third kappa shape index (κ3) is 3.86. The Kier molecular flexibility index (Phi) is 4.91. The highest BCUT2D eigenvalue weighted by molar-refractivity contribution is 5.90. The second-order valence-electron chi connectivity index (χ2n) is 6.53. The largest absolute Gasteiger partial charge is 0.465 e. The average molecular weight is 370 g/mol. The van der Waals surface area contributed by atoms with Crippen molar-refractivity contribution in [3.8, 4) is 0 Å². The minimum absolute atomic E-state index is 0.374. The Labute approximate surface area is 157 Å². The number of ether oxygens (including phenoxy) is 3. The third-order valence-corrected chi connectivity index (χ3v) is 4.82. The average Bonchev–Trinajstić information content (AvgIpc) is 3.16. The van der Waals surface area contributed by atoms with Gasteiger partial charge in [0.2, 0.25) is 5.95 Å². The van der Waals surface area contributed by atoms with Crippen LogP contribution in [0.5, 0.6) is 0 Å². The minimum Gasteiger partial charge on any atom is -0.465 e. The summed E-state index contributed by atoms with van der Waals surface area (Å²) in [7, 11) is 1.36. The molecule has 1 spiro atoms. The molecule has 4 rings (SSSR count). The predicted molar refractivity (Wildman–Crippen MR) is 99.2 cm³/mol. The van der Waals surface area contributed by atoms with Crippen LogP contribution in [0.2, 0.25) is 0 Å². The molecule has 1 N–H and O–H groups in total. The van der Waals surface area contributed by atoms with Crippen molar-refractivity contribution < 1.29 is 19.0 Å². The van der Waals surface area contributed by atoms with Crippen molar-refractivity contribution in [2.24, 2.45) is 0 Å². The van der Waals surface area contributed by atoms with Crippen LogP contribution in [0.3, 0.4) is 0 Å². The molecule has 0 radical (unpaired) electrons. The number of hydrogen-bond acceptors (Lipinski definition) is 8. The van der Waals surface area contributed by atoms with Crippen molar-refractivity contribution in [3.63, 3.8) is 0 Å². The molecule has 27 heavy (non-hydrogen) atoms. The molecule has 2 aromatic rings. The summed E-state index contributed by atoms with van der Waals surface area (Å²) >= 11 is 0. The molecule has 2 aliphatic rings. The number of nitrogens with one attached hydrogen (secondary N) is 1. The van der Waals surface area contributed by atoms with Crippen LogP contribution in [-0.4, -0.2) is 55.1 Å². The molecular weight excluding hydrogens is 348 g/mol. The second kappa shape index (κ2) is 7.50. The number of benzene rings is 1. The van der Waals surface area contributed by atoms with E-state index in [1.54, 1.807) is 30.5 Å². The van der Waals surface area contributed by atoms with Crippen LogP contribution in [0.4, 0.5) is 17.5 Å². The summed E-state index contributed by atoms with van der Waals surface area (Å²) in [6.07, 6.45) is 3.33. The van der Waals surface area contributed by atoms with Crippen LogP contribution in [0.15, 0.2) is 36.5 Å². The van der Waals surface area contributed by atoms with Gasteiger partial charge in [0.1, 0.15) is 5.82 Å². The highest BCUT2D eigenvalue weighted by Crippen LogP contribution is 2.32. The van der Waals surface area contributed by atoms with E-state index < -0.39 is 5.79 Å². The lowest BCUT2D eigenvalue weighted by atomic mass is 10.0. The van der Waals surface area contributed by atoms with Gasteiger partial charge in [0.05, 0.1) is 25.9 Å². The Morgan fingerprint density at radius 3 is 2.74 bits per heavy atom. The fraction of sp³-hybridized carbons (Fsp3) is 0.421. The van der Waals surface area contributed by atoms with Crippen LogP contribution >= 0.6 is 0 Å². The zero-order valence-electron chi connectivity index (χ0n) is 15.2. The normalized spacial score (nSPS) is 18.5. The van der Waals surface area contributed by atoms with Crippen LogP contribution < -0.4 is 10.2 Å². The van der Waals surface area contributed by atoms with Gasteiger partial charge in [-0.15, -0.1) is 0 Å². The van der Waals surface area contributed by atoms with E-state index in [0.29, 0.717) is 30.5 Å². The number of carbonyl (C=O) groups excluding carboxylic acids is 1. The topological polar surface area (TPSA) is 85.8 Å². The molecule has 1 aromatic heterocycles. The van der Waals surface area contributed by atoms with E-state index in [2.05, 4.69) is 20.2 Å². The molecule has 3 heterocycles. The number of carbonyl (C=O) groups is 1. The van der Waals surface area contributed by atoms with Crippen molar-refractivity contribution in [3.05, 3.63) is 42.1 Å². The monoisotopic (exact) mass is 370 g/mol. The smallest absolute Gasteiger partial charge is 0.337 e. The Morgan fingerprint density at radius 2 is 2.00 bits per heavy atom. The quantitative estimate of drug-likeness (QED) is 0.821. The van der Waals surface area contributed by atoms with Gasteiger partial charge in [0.25, 0.3) is 0 Å². The number of anilines is 3. The number of nitrogens with zero attached hydrogens (tertiary/aromatic N) is 3. The number of esters is 1. The Balaban J connectivity index is 1.45. The molecule has 142 valence electrons. The molecule has 2 fully saturated rings. The first kappa shape index (κ1) is 17.7. The van der Waals surface area contributed by atoms with Crippen molar-refractivity contribution in [1.29, 1.82) is 0 Å². The zero-order valence-corrected chi connectivity index (χ0v) is 15.2. The minimum atomic E-state index is -0.416. The van der Waals surface area contributed by atoms with Gasteiger partial charge in [0, 0.05) is 37.8 Å². The number of rotatable bonds is 4. The summed E-state index contributed by atoms with van der Waals surface area (Å²) in [6.45, 7) is 2.89. The Morgan fingerprint density at radius 1 is 1.22 bits per heavy atom. The van der Waals surface area contributed by atoms with Crippen LogP contribution in [-0.2, 0) is 14.2 Å². The summed E-state index contributed by atoms with van der Waals surface area (Å²) in [4.78, 5) is 22.8. The van der Waals surface area contributed by atoms with Gasteiger partial charge in [-0.2, -0.15) is 4.98 Å². The molecule has 8 heteroatoms. The lowest BCUT2D eigenvalue weighted by Gasteiger charge is -2.37. The van der Waals surface area contributed by atoms with E-state index in [4.69, 9.17) is 14.2 Å². The molecule has 0 bridgehead atoms. The van der Waals surface area contributed by atoms with E-state index in [-0.39, 0.29) is 5.97 Å². The van der Waals surface area contributed by atoms with E-state index in [9.17, 15) is 4.79 Å². The molecule has 0 amide bonds. The number of aromatic nitrogens is 2. The standard InChI is InChI=1S/C19H22N4O4/c1-25-17(24)14-3-2-4-15(13-14)21-16-5-8-20-18(22-16)23-9-6-19(7-10-23)26-11-12-27-19/h2-5,8,13H,6-7,9-12H2,1H3,(H,20,21,22). The van der Waals surface area contributed by atoms with Gasteiger partial charge in [0.15, 0.2) is 5.79 Å². The first-order valence-corrected chi connectivity index (χ1v) is 8.99. The van der Waals surface area contributed by atoms with Gasteiger partial charge < -0.3 is 24.4 Å². The van der Waals surface area contributed by atoms with Crippen LogP contribution in [0.25, 0.3) is 0 Å². The SMILES string of the molecule is COC(=O)c1cccc(Nc2ccnc(N3CCC4(CC3)OCCO4)n2)c1. The van der Waals surface area contributed by atoms with Gasteiger partial charge in [-0.25, -0.2) is 9.78 Å². The molecule has 2 aliphatic heterocycles. The fourth-order valence-electron chi connectivity index (χ4n) is 3.39. The van der Waals surface area contributed by atoms with Crippen molar-refractivity contribution in [2.75, 3.05) is 43.6 Å². The van der Waals surface area contributed by atoms with E-state index >= 15 is 0 Å². The highest BCUT2D eigenvalue weighted by Gasteiger charge is 2.40. The number of piperidine rings is 1. The first-order chi connectivity index (χ1) is 13.2. The summed E-state index contributed by atoms with van der Waals surface area (Å²) in [5.74, 6) is 0.536. The molecule has 1 aromatic carbocycles. The van der Waals surface area contributed by atoms with Gasteiger partial charge >= 0.3 is 5.97 Å². The van der Waals surface area contributed by atoms with Gasteiger partial charge in [-0.3, -0.25) is 0 Å². The molecule has 2 saturated heterocycles. The number of hydrogen-bond donors (Lipinski definition) is 1. The van der Waals surface area contributed by atoms with Crippen molar-refractivity contribution in [1.82, 2.24) is 9.97 Å². The fourth-order valence-corrected chi connectivity index (χ4v) is 3.39. The van der Waals surface area contributed by atoms with Crippen LogP contribution in [0.1, 0.15) is 23.2 Å². The molecule has 0 unspecified atom stereocenters. The Bertz CT molecular complexity index is 813. The third-order valence-electron chi connectivity index (χ3n) is 4.82. The second-order valence-corrected chi connectivity index (χ2v) is 6.53. The van der Waals surface area contributed by atoms with E-state index in [0.717, 1.165) is 31.6 Å². The summed E-state index contributed by atoms with van der Waals surface area (Å²) in [5, 5.41) is 3.22. The molecular formula is C19H22N4O4. The predicted octanol–water partition coefficient (Wildman–Crippen LogP) is 2.35. The highest BCUT2D eigenvalue weighted by atomic mass is 16.7. The lowest BCUT2D eigenvalue weighted by molar-refractivity contribution is -0.169. The zero-order chi connectivity index (χ0) is 18.7. The number of methoxy groups -OCH3 is 1. The van der Waals surface area contributed by atoms with Crippen LogP contribution in [0, 0.1) is 0 Å². The van der Waals surface area contributed by atoms with E-state index in [1.807, 2.05) is 6.07 Å². The van der Waals surface area contributed by atoms with Crippen molar-refractivity contribution in [2.45, 2.75) is 18.6 Å². The summed E-state index contributed by atoms with van der Waals surface area (Å²) < 4.78 is 16.3. The maximum atomic E-state index is 11.7. The summed E-state index contributed by atoms with van der Waals surface area (Å²) in [5.41, 5.74) is 1.24.